The Kier molecular flexibility index (Phi) is 7.41. The number of halogens is 4. The van der Waals surface area contributed by atoms with Crippen molar-refractivity contribution in [1.82, 2.24) is 0 Å². The first kappa shape index (κ1) is 23.9. The first-order valence-electron chi connectivity index (χ1n) is 12.8. The minimum atomic E-state index is -3.56. The lowest BCUT2D eigenvalue weighted by atomic mass is 9.69. The molecule has 0 aliphatic heterocycles. The summed E-state index contributed by atoms with van der Waals surface area (Å²) in [5.74, 6) is -1.30. The molecular weight excluding hydrogens is 416 g/mol. The molecule has 0 unspecified atom stereocenters. The molecule has 1 aromatic rings. The molecule has 1 nitrogen and oxygen atoms in total. The van der Waals surface area contributed by atoms with E-state index in [0.29, 0.717) is 36.2 Å². The van der Waals surface area contributed by atoms with Crippen LogP contribution in [0.5, 0.6) is 5.75 Å². The number of hydrogen-bond acceptors (Lipinski definition) is 1. The average Bonchev–Trinajstić information content (AvgIpc) is 2.77. The Morgan fingerprint density at radius 2 is 1.12 bits per heavy atom. The standard InChI is InChI=1S/C27H38F4O/c1-17-3-7-19(8-4-17)20-11-13-23(14-12-20)27(30,31)32-26-24(28)15-22(16-25(26)29)21-9-5-18(2)6-10-21/h15-21,23H,3-14H2,1-2H3. The SMILES string of the molecule is CC1CCC(c2cc(F)c(OC(F)(F)C3CCC(C4CCC(C)CC4)CC3)c(F)c2)CC1. The van der Waals surface area contributed by atoms with E-state index in [4.69, 9.17) is 4.74 Å². The molecule has 32 heavy (non-hydrogen) atoms. The number of benzene rings is 1. The number of alkyl halides is 2. The Balaban J connectivity index is 1.37. The highest BCUT2D eigenvalue weighted by atomic mass is 19.3. The Labute approximate surface area is 190 Å². The summed E-state index contributed by atoms with van der Waals surface area (Å²) in [4.78, 5) is 0. The summed E-state index contributed by atoms with van der Waals surface area (Å²) >= 11 is 0. The Morgan fingerprint density at radius 1 is 0.688 bits per heavy atom. The molecule has 0 spiro atoms. The van der Waals surface area contributed by atoms with E-state index in [2.05, 4.69) is 13.8 Å². The van der Waals surface area contributed by atoms with Crippen molar-refractivity contribution < 1.29 is 22.3 Å². The van der Waals surface area contributed by atoms with Gasteiger partial charge in [-0.15, -0.1) is 0 Å². The van der Waals surface area contributed by atoms with Gasteiger partial charge in [-0.1, -0.05) is 39.5 Å². The van der Waals surface area contributed by atoms with Crippen LogP contribution in [0, 0.1) is 41.2 Å². The zero-order valence-corrected chi connectivity index (χ0v) is 19.5. The maximum atomic E-state index is 14.9. The molecule has 0 amide bonds. The monoisotopic (exact) mass is 454 g/mol. The summed E-state index contributed by atoms with van der Waals surface area (Å²) in [5.41, 5.74) is 0.560. The summed E-state index contributed by atoms with van der Waals surface area (Å²) in [6.07, 6.45) is 7.32. The van der Waals surface area contributed by atoms with Gasteiger partial charge in [0.2, 0.25) is 0 Å². The van der Waals surface area contributed by atoms with E-state index >= 15 is 0 Å². The molecular formula is C27H38F4O. The van der Waals surface area contributed by atoms with E-state index in [-0.39, 0.29) is 5.92 Å². The van der Waals surface area contributed by atoms with Crippen LogP contribution in [0.25, 0.3) is 0 Å². The summed E-state index contributed by atoms with van der Waals surface area (Å²) in [6, 6.07) is 2.41. The van der Waals surface area contributed by atoms with Crippen molar-refractivity contribution in [3.8, 4) is 5.75 Å². The van der Waals surface area contributed by atoms with Gasteiger partial charge in [0, 0.05) is 0 Å². The van der Waals surface area contributed by atoms with Gasteiger partial charge >= 0.3 is 6.11 Å². The Morgan fingerprint density at radius 3 is 1.62 bits per heavy atom. The van der Waals surface area contributed by atoms with E-state index in [1.807, 2.05) is 0 Å². The third-order valence-corrected chi connectivity index (χ3v) is 8.72. The first-order valence-corrected chi connectivity index (χ1v) is 12.8. The molecule has 0 heterocycles. The normalized spacial score (nSPS) is 34.3. The molecule has 5 heteroatoms. The maximum Gasteiger partial charge on any atom is 0.400 e. The Bertz CT molecular complexity index is 732. The van der Waals surface area contributed by atoms with Crippen LogP contribution in [0.15, 0.2) is 12.1 Å². The van der Waals surface area contributed by atoms with Gasteiger partial charge in [-0.3, -0.25) is 0 Å². The molecule has 0 saturated heterocycles. The van der Waals surface area contributed by atoms with Crippen molar-refractivity contribution in [1.29, 1.82) is 0 Å². The van der Waals surface area contributed by atoms with Crippen LogP contribution in [0.1, 0.15) is 102 Å². The molecule has 3 aliphatic carbocycles. The van der Waals surface area contributed by atoms with Gasteiger partial charge in [0.1, 0.15) is 0 Å². The van der Waals surface area contributed by atoms with Gasteiger partial charge in [-0.25, -0.2) is 8.78 Å². The highest BCUT2D eigenvalue weighted by Gasteiger charge is 2.46. The summed E-state index contributed by atoms with van der Waals surface area (Å²) in [5, 5.41) is 0. The minimum Gasteiger partial charge on any atom is -0.426 e. The fraction of sp³-hybridized carbons (Fsp3) is 0.778. The molecule has 1 aromatic carbocycles. The second kappa shape index (κ2) is 9.93. The van der Waals surface area contributed by atoms with Crippen LogP contribution in [0.2, 0.25) is 0 Å². The van der Waals surface area contributed by atoms with Crippen LogP contribution >= 0.6 is 0 Å². The smallest absolute Gasteiger partial charge is 0.400 e. The van der Waals surface area contributed by atoms with Gasteiger partial charge < -0.3 is 4.74 Å². The van der Waals surface area contributed by atoms with Crippen molar-refractivity contribution in [2.24, 2.45) is 29.6 Å². The zero-order valence-electron chi connectivity index (χ0n) is 19.5. The second-order valence-electron chi connectivity index (χ2n) is 11.1. The largest absolute Gasteiger partial charge is 0.426 e. The molecule has 0 radical (unpaired) electrons. The van der Waals surface area contributed by atoms with Gasteiger partial charge in [-0.05, 0) is 98.7 Å². The van der Waals surface area contributed by atoms with Gasteiger partial charge in [0.25, 0.3) is 0 Å². The predicted octanol–water partition coefficient (Wildman–Crippen LogP) is 8.86. The first-order chi connectivity index (χ1) is 15.2. The molecule has 3 saturated carbocycles. The number of rotatable bonds is 5. The summed E-state index contributed by atoms with van der Waals surface area (Å²) < 4.78 is 64.0. The maximum absolute atomic E-state index is 14.9. The number of ether oxygens (including phenoxy) is 1. The van der Waals surface area contributed by atoms with Crippen LogP contribution in [0.3, 0.4) is 0 Å². The van der Waals surface area contributed by atoms with E-state index in [1.54, 1.807) is 0 Å². The lowest BCUT2D eigenvalue weighted by molar-refractivity contribution is -0.226. The molecule has 4 rings (SSSR count). The van der Waals surface area contributed by atoms with Crippen LogP contribution in [-0.2, 0) is 0 Å². The van der Waals surface area contributed by atoms with Gasteiger partial charge in [0.15, 0.2) is 17.4 Å². The molecule has 0 bridgehead atoms. The number of hydrogen-bond donors (Lipinski definition) is 0. The Hall–Kier alpha value is -1.26. The molecule has 180 valence electrons. The van der Waals surface area contributed by atoms with Crippen LogP contribution in [-0.4, -0.2) is 6.11 Å². The topological polar surface area (TPSA) is 9.23 Å². The minimum absolute atomic E-state index is 0.0859. The predicted molar refractivity (Wildman–Crippen MR) is 119 cm³/mol. The van der Waals surface area contributed by atoms with E-state index in [1.165, 1.54) is 37.8 Å². The van der Waals surface area contributed by atoms with E-state index in [9.17, 15) is 17.6 Å². The van der Waals surface area contributed by atoms with Crippen molar-refractivity contribution in [2.75, 3.05) is 0 Å². The second-order valence-corrected chi connectivity index (χ2v) is 11.1. The molecule has 3 fully saturated rings. The van der Waals surface area contributed by atoms with Crippen LogP contribution in [0.4, 0.5) is 17.6 Å². The van der Waals surface area contributed by atoms with Gasteiger partial charge in [-0.2, -0.15) is 8.78 Å². The van der Waals surface area contributed by atoms with Crippen molar-refractivity contribution in [3.63, 3.8) is 0 Å². The highest BCUT2D eigenvalue weighted by Crippen LogP contribution is 2.46. The fourth-order valence-electron chi connectivity index (χ4n) is 6.41. The molecule has 3 aliphatic rings. The van der Waals surface area contributed by atoms with Crippen molar-refractivity contribution in [3.05, 3.63) is 29.3 Å². The van der Waals surface area contributed by atoms with Crippen LogP contribution < -0.4 is 4.74 Å². The van der Waals surface area contributed by atoms with E-state index in [0.717, 1.165) is 44.4 Å². The van der Waals surface area contributed by atoms with Gasteiger partial charge in [0.05, 0.1) is 5.92 Å². The summed E-state index contributed by atoms with van der Waals surface area (Å²) in [6.45, 7) is 4.46. The quantitative estimate of drug-likeness (QED) is 0.404. The lowest BCUT2D eigenvalue weighted by Crippen LogP contribution is -2.38. The fourth-order valence-corrected chi connectivity index (χ4v) is 6.41. The third-order valence-electron chi connectivity index (χ3n) is 8.72. The van der Waals surface area contributed by atoms with E-state index < -0.39 is 29.4 Å². The summed E-state index contributed by atoms with van der Waals surface area (Å²) in [7, 11) is 0. The van der Waals surface area contributed by atoms with Crippen molar-refractivity contribution in [2.45, 2.75) is 103 Å². The zero-order chi connectivity index (χ0) is 22.9. The molecule has 0 atom stereocenters. The third kappa shape index (κ3) is 5.44. The molecule has 0 aromatic heterocycles. The lowest BCUT2D eigenvalue weighted by Gasteiger charge is -2.38. The van der Waals surface area contributed by atoms with Crippen molar-refractivity contribution >= 4 is 0 Å². The highest BCUT2D eigenvalue weighted by molar-refractivity contribution is 5.33. The average molecular weight is 455 g/mol. The molecule has 0 N–H and O–H groups in total.